The predicted octanol–water partition coefficient (Wildman–Crippen LogP) is 4.21. The van der Waals surface area contributed by atoms with E-state index in [2.05, 4.69) is 17.3 Å². The Morgan fingerprint density at radius 2 is 1.88 bits per heavy atom. The fourth-order valence-corrected chi connectivity index (χ4v) is 2.23. The third kappa shape index (κ3) is 6.93. The summed E-state index contributed by atoms with van der Waals surface area (Å²) in [6.07, 6.45) is 4.03. The lowest BCUT2D eigenvalue weighted by Gasteiger charge is -2.15. The van der Waals surface area contributed by atoms with E-state index in [9.17, 15) is 0 Å². The lowest BCUT2D eigenvalue weighted by atomic mass is 10.2. The van der Waals surface area contributed by atoms with Gasteiger partial charge in [-0.1, -0.05) is 43.7 Å². The van der Waals surface area contributed by atoms with Gasteiger partial charge in [0.1, 0.15) is 12.4 Å². The number of hydrogen-bond donors (Lipinski definition) is 1. The highest BCUT2D eigenvalue weighted by Crippen LogP contribution is 2.13. The van der Waals surface area contributed by atoms with Crippen molar-refractivity contribution in [2.75, 3.05) is 13.6 Å². The number of hydrogen-bond acceptors (Lipinski definition) is 3. The molecule has 0 saturated heterocycles. The molecule has 0 unspecified atom stereocenters. The summed E-state index contributed by atoms with van der Waals surface area (Å²) in [7, 11) is 1.84. The maximum absolute atomic E-state index is 5.78. The summed E-state index contributed by atoms with van der Waals surface area (Å²) in [6.45, 7) is 3.59. The fraction of sp³-hybridized carbons (Fsp3) is 0.300. The molecule has 1 N–H and O–H groups in total. The largest absolute Gasteiger partial charge is 0.489 e. The maximum Gasteiger partial charge on any atom is 0.189 e. The van der Waals surface area contributed by atoms with E-state index in [0.29, 0.717) is 11.7 Å². The van der Waals surface area contributed by atoms with Crippen molar-refractivity contribution >= 4 is 23.5 Å². The van der Waals surface area contributed by atoms with Crippen LogP contribution in [0.5, 0.6) is 5.75 Å². The summed E-state index contributed by atoms with van der Waals surface area (Å²) in [5, 5.41) is 9.85. The van der Waals surface area contributed by atoms with Crippen LogP contribution in [0.1, 0.15) is 30.9 Å². The van der Waals surface area contributed by atoms with Crippen LogP contribution in [-0.2, 0) is 6.61 Å². The number of rotatable bonds is 8. The molecule has 0 aromatic heterocycles. The smallest absolute Gasteiger partial charge is 0.189 e. The number of benzene rings is 2. The molecular formula is C20H25N3OS. The van der Waals surface area contributed by atoms with Gasteiger partial charge in [0.15, 0.2) is 5.11 Å². The van der Waals surface area contributed by atoms with E-state index in [0.717, 1.165) is 36.3 Å². The van der Waals surface area contributed by atoms with E-state index in [1.165, 1.54) is 0 Å². The zero-order chi connectivity index (χ0) is 17.9. The number of hydrazone groups is 1. The van der Waals surface area contributed by atoms with Crippen molar-refractivity contribution in [3.05, 3.63) is 65.7 Å². The van der Waals surface area contributed by atoms with Crippen molar-refractivity contribution < 1.29 is 4.74 Å². The molecule has 0 aliphatic heterocycles. The molecule has 0 atom stereocenters. The Hall–Kier alpha value is -2.40. The van der Waals surface area contributed by atoms with Crippen LogP contribution in [-0.4, -0.2) is 29.9 Å². The molecule has 2 aromatic carbocycles. The minimum absolute atomic E-state index is 0.564. The van der Waals surface area contributed by atoms with E-state index in [1.807, 2.05) is 61.6 Å². The van der Waals surface area contributed by atoms with Gasteiger partial charge in [-0.2, -0.15) is 5.10 Å². The highest BCUT2D eigenvalue weighted by Gasteiger charge is 2.00. The van der Waals surface area contributed by atoms with Crippen molar-refractivity contribution in [1.29, 1.82) is 0 Å². The average Bonchev–Trinajstić information content (AvgIpc) is 2.66. The first-order valence-electron chi connectivity index (χ1n) is 8.51. The summed E-state index contributed by atoms with van der Waals surface area (Å²) < 4.78 is 5.78. The zero-order valence-electron chi connectivity index (χ0n) is 14.8. The molecule has 0 fully saturated rings. The SMILES string of the molecule is CCCCNC(=S)N(C)N=Cc1ccc(OCc2ccccc2)cc1. The van der Waals surface area contributed by atoms with E-state index in [-0.39, 0.29) is 0 Å². The Kier molecular flexibility index (Phi) is 7.92. The van der Waals surface area contributed by atoms with Crippen LogP contribution in [0, 0.1) is 0 Å². The van der Waals surface area contributed by atoms with Gasteiger partial charge in [-0.3, -0.25) is 0 Å². The van der Waals surface area contributed by atoms with Crippen LogP contribution in [0.15, 0.2) is 59.7 Å². The lowest BCUT2D eigenvalue weighted by molar-refractivity contribution is 0.306. The van der Waals surface area contributed by atoms with Crippen LogP contribution < -0.4 is 10.1 Å². The van der Waals surface area contributed by atoms with E-state index in [1.54, 1.807) is 11.2 Å². The molecular weight excluding hydrogens is 330 g/mol. The van der Waals surface area contributed by atoms with Crippen LogP contribution in [0.3, 0.4) is 0 Å². The maximum atomic E-state index is 5.78. The van der Waals surface area contributed by atoms with Crippen molar-refractivity contribution in [2.45, 2.75) is 26.4 Å². The van der Waals surface area contributed by atoms with Crippen LogP contribution in [0.25, 0.3) is 0 Å². The third-order valence-corrected chi connectivity index (χ3v) is 4.02. The minimum Gasteiger partial charge on any atom is -0.489 e. The molecule has 0 saturated carbocycles. The summed E-state index contributed by atoms with van der Waals surface area (Å²) in [5.74, 6) is 0.839. The van der Waals surface area contributed by atoms with Gasteiger partial charge in [0.25, 0.3) is 0 Å². The number of unbranched alkanes of at least 4 members (excludes halogenated alkanes) is 1. The van der Waals surface area contributed by atoms with Crippen molar-refractivity contribution in [2.24, 2.45) is 5.10 Å². The van der Waals surface area contributed by atoms with Gasteiger partial charge in [0, 0.05) is 13.6 Å². The number of thiocarbonyl (C=S) groups is 1. The first-order valence-corrected chi connectivity index (χ1v) is 8.92. The first-order chi connectivity index (χ1) is 12.2. The average molecular weight is 356 g/mol. The molecule has 0 spiro atoms. The molecule has 25 heavy (non-hydrogen) atoms. The van der Waals surface area contributed by atoms with Gasteiger partial charge in [0.2, 0.25) is 0 Å². The molecule has 2 rings (SSSR count). The molecule has 0 bridgehead atoms. The zero-order valence-corrected chi connectivity index (χ0v) is 15.6. The Bertz CT molecular complexity index is 671. The first kappa shape index (κ1) is 18.9. The highest BCUT2D eigenvalue weighted by atomic mass is 32.1. The van der Waals surface area contributed by atoms with Crippen molar-refractivity contribution in [1.82, 2.24) is 10.3 Å². The van der Waals surface area contributed by atoms with Gasteiger partial charge in [0.05, 0.1) is 6.21 Å². The molecule has 4 nitrogen and oxygen atoms in total. The molecule has 5 heteroatoms. The molecule has 2 aromatic rings. The normalized spacial score (nSPS) is 10.6. The van der Waals surface area contributed by atoms with Gasteiger partial charge >= 0.3 is 0 Å². The van der Waals surface area contributed by atoms with Crippen LogP contribution in [0.4, 0.5) is 0 Å². The minimum atomic E-state index is 0.564. The standard InChI is InChI=1S/C20H25N3OS/c1-3-4-14-21-20(25)23(2)22-15-17-10-12-19(13-11-17)24-16-18-8-6-5-7-9-18/h5-13,15H,3-4,14,16H2,1-2H3,(H,21,25). The second-order valence-corrected chi connectivity index (χ2v) is 6.08. The van der Waals surface area contributed by atoms with E-state index >= 15 is 0 Å². The molecule has 0 aliphatic rings. The third-order valence-electron chi connectivity index (χ3n) is 3.61. The molecule has 132 valence electrons. The van der Waals surface area contributed by atoms with Crippen LogP contribution in [0.2, 0.25) is 0 Å². The van der Waals surface area contributed by atoms with Gasteiger partial charge in [-0.05, 0) is 54.0 Å². The topological polar surface area (TPSA) is 36.9 Å². The Morgan fingerprint density at radius 3 is 2.56 bits per heavy atom. The molecule has 0 amide bonds. The Balaban J connectivity index is 1.81. The summed E-state index contributed by atoms with van der Waals surface area (Å²) in [4.78, 5) is 0. The summed E-state index contributed by atoms with van der Waals surface area (Å²) in [5.41, 5.74) is 2.15. The van der Waals surface area contributed by atoms with Gasteiger partial charge < -0.3 is 10.1 Å². The van der Waals surface area contributed by atoms with Crippen LogP contribution >= 0.6 is 12.2 Å². The number of nitrogens with zero attached hydrogens (tertiary/aromatic N) is 2. The lowest BCUT2D eigenvalue weighted by Crippen LogP contribution is -2.34. The van der Waals surface area contributed by atoms with E-state index in [4.69, 9.17) is 17.0 Å². The monoisotopic (exact) mass is 355 g/mol. The van der Waals surface area contributed by atoms with E-state index < -0.39 is 0 Å². The molecule has 0 aliphatic carbocycles. The second kappa shape index (κ2) is 10.5. The van der Waals surface area contributed by atoms with Gasteiger partial charge in [-0.15, -0.1) is 0 Å². The summed E-state index contributed by atoms with van der Waals surface area (Å²) >= 11 is 5.29. The Morgan fingerprint density at radius 1 is 1.16 bits per heavy atom. The van der Waals surface area contributed by atoms with Crippen molar-refractivity contribution in [3.63, 3.8) is 0 Å². The highest BCUT2D eigenvalue weighted by molar-refractivity contribution is 7.80. The number of nitrogens with one attached hydrogen (secondary N) is 1. The molecule has 0 radical (unpaired) electrons. The second-order valence-electron chi connectivity index (χ2n) is 5.70. The quantitative estimate of drug-likeness (QED) is 0.333. The number of ether oxygens (including phenoxy) is 1. The fourth-order valence-electron chi connectivity index (χ4n) is 2.08. The van der Waals surface area contributed by atoms with Gasteiger partial charge in [-0.25, -0.2) is 5.01 Å². The predicted molar refractivity (Wildman–Crippen MR) is 108 cm³/mol. The Labute approximate surface area is 155 Å². The summed E-state index contributed by atoms with van der Waals surface area (Å²) in [6, 6.07) is 18.0. The molecule has 0 heterocycles. The van der Waals surface area contributed by atoms with Crippen molar-refractivity contribution in [3.8, 4) is 5.75 Å².